The van der Waals surface area contributed by atoms with Gasteiger partial charge in [-0.15, -0.1) is 0 Å². The van der Waals surface area contributed by atoms with Crippen LogP contribution in [0, 0.1) is 0 Å². The van der Waals surface area contributed by atoms with Gasteiger partial charge in [0, 0.05) is 32.7 Å². The van der Waals surface area contributed by atoms with Gasteiger partial charge in [0.1, 0.15) is 5.75 Å². The van der Waals surface area contributed by atoms with E-state index in [1.165, 1.54) is 0 Å². The number of hydrogen-bond donors (Lipinski definition) is 3. The Kier molecular flexibility index (Phi) is 8.13. The van der Waals surface area contributed by atoms with Crippen LogP contribution in [0.5, 0.6) is 5.75 Å². The molecule has 0 bridgehead atoms. The number of aliphatic imine (C=N–C) groups is 1. The highest BCUT2D eigenvalue weighted by Gasteiger charge is 2.05. The normalized spacial score (nSPS) is 11.0. The fraction of sp³-hybridized carbons (Fsp3) is 0.300. The summed E-state index contributed by atoms with van der Waals surface area (Å²) in [5.74, 6) is 1.46. The molecule has 2 rings (SSSR count). The van der Waals surface area contributed by atoms with Gasteiger partial charge >= 0.3 is 0 Å². The summed E-state index contributed by atoms with van der Waals surface area (Å²) in [5.41, 5.74) is 2.88. The molecule has 2 aromatic carbocycles. The maximum atomic E-state index is 11.7. The molecule has 0 aliphatic rings. The van der Waals surface area contributed by atoms with Crippen LogP contribution in [0.3, 0.4) is 0 Å². The quantitative estimate of drug-likeness (QED) is 0.464. The second-order valence-electron chi connectivity index (χ2n) is 5.85. The molecule has 0 saturated carbocycles. The van der Waals surface area contributed by atoms with E-state index in [4.69, 9.17) is 4.74 Å². The summed E-state index contributed by atoms with van der Waals surface area (Å²) in [5, 5.41) is 9.22. The molecule has 0 heterocycles. The number of benzene rings is 2. The second kappa shape index (κ2) is 10.6. The minimum atomic E-state index is -0.0760. The highest BCUT2D eigenvalue weighted by atomic mass is 79.9. The molecular formula is C20H25BrN4O2. The fourth-order valence-corrected chi connectivity index (χ4v) is 3.15. The van der Waals surface area contributed by atoms with E-state index in [1.807, 2.05) is 42.5 Å². The van der Waals surface area contributed by atoms with Gasteiger partial charge in [-0.1, -0.05) is 18.2 Å². The first-order valence-corrected chi connectivity index (χ1v) is 9.44. The molecule has 3 N–H and O–H groups in total. The van der Waals surface area contributed by atoms with Gasteiger partial charge in [-0.05, 0) is 57.7 Å². The number of guanidine groups is 1. The average molecular weight is 433 g/mol. The molecule has 0 unspecified atom stereocenters. The molecular weight excluding hydrogens is 408 g/mol. The maximum Gasteiger partial charge on any atom is 0.251 e. The van der Waals surface area contributed by atoms with Crippen molar-refractivity contribution in [2.45, 2.75) is 13.0 Å². The van der Waals surface area contributed by atoms with Crippen LogP contribution in [0.4, 0.5) is 0 Å². The summed E-state index contributed by atoms with van der Waals surface area (Å²) in [4.78, 5) is 16.0. The highest BCUT2D eigenvalue weighted by Crippen LogP contribution is 2.25. The molecule has 0 radical (unpaired) electrons. The Morgan fingerprint density at radius 3 is 2.63 bits per heavy atom. The van der Waals surface area contributed by atoms with Crippen molar-refractivity contribution < 1.29 is 9.53 Å². The molecule has 27 heavy (non-hydrogen) atoms. The Hall–Kier alpha value is -2.54. The van der Waals surface area contributed by atoms with Crippen LogP contribution in [0.2, 0.25) is 0 Å². The molecule has 6 nitrogen and oxygen atoms in total. The third kappa shape index (κ3) is 6.29. The van der Waals surface area contributed by atoms with Crippen molar-refractivity contribution in [2.24, 2.45) is 4.99 Å². The predicted octanol–water partition coefficient (Wildman–Crippen LogP) is 2.73. The number of methoxy groups -OCH3 is 1. The van der Waals surface area contributed by atoms with Crippen molar-refractivity contribution in [2.75, 3.05) is 27.7 Å². The van der Waals surface area contributed by atoms with E-state index >= 15 is 0 Å². The Morgan fingerprint density at radius 2 is 1.96 bits per heavy atom. The first-order valence-electron chi connectivity index (χ1n) is 8.65. The Balaban J connectivity index is 1.84. The monoisotopic (exact) mass is 432 g/mol. The van der Waals surface area contributed by atoms with Crippen molar-refractivity contribution in [3.63, 3.8) is 0 Å². The third-order valence-corrected chi connectivity index (χ3v) is 4.64. The van der Waals surface area contributed by atoms with Crippen LogP contribution >= 0.6 is 15.9 Å². The summed E-state index contributed by atoms with van der Waals surface area (Å²) in [6, 6.07) is 13.6. The minimum absolute atomic E-state index is 0.0760. The molecule has 144 valence electrons. The lowest BCUT2D eigenvalue weighted by molar-refractivity contribution is 0.0963. The Labute approximate surface area is 168 Å². The predicted molar refractivity (Wildman–Crippen MR) is 112 cm³/mol. The molecule has 0 aromatic heterocycles. The second-order valence-corrected chi connectivity index (χ2v) is 6.71. The van der Waals surface area contributed by atoms with Gasteiger partial charge < -0.3 is 20.7 Å². The third-order valence-electron chi connectivity index (χ3n) is 4.02. The molecule has 0 atom stereocenters. The molecule has 1 amide bonds. The number of hydrogen-bond acceptors (Lipinski definition) is 3. The van der Waals surface area contributed by atoms with Gasteiger partial charge in [-0.3, -0.25) is 9.79 Å². The molecule has 0 aliphatic heterocycles. The zero-order chi connectivity index (χ0) is 19.6. The van der Waals surface area contributed by atoms with E-state index in [0.717, 1.165) is 33.7 Å². The summed E-state index contributed by atoms with van der Waals surface area (Å²) in [6.07, 6.45) is 0.791. The lowest BCUT2D eigenvalue weighted by Crippen LogP contribution is -2.37. The van der Waals surface area contributed by atoms with Gasteiger partial charge in [-0.2, -0.15) is 0 Å². The van der Waals surface area contributed by atoms with Crippen molar-refractivity contribution in [1.82, 2.24) is 16.0 Å². The van der Waals surface area contributed by atoms with Crippen LogP contribution in [-0.2, 0) is 13.0 Å². The number of carbonyl (C=O) groups excluding carboxylic acids is 1. The van der Waals surface area contributed by atoms with Gasteiger partial charge in [0.05, 0.1) is 11.6 Å². The number of nitrogens with zero attached hydrogens (tertiary/aromatic N) is 1. The number of carbonyl (C=O) groups is 1. The van der Waals surface area contributed by atoms with Gasteiger partial charge in [0.2, 0.25) is 0 Å². The fourth-order valence-electron chi connectivity index (χ4n) is 2.56. The molecule has 2 aromatic rings. The first-order chi connectivity index (χ1) is 13.1. The number of halogens is 1. The van der Waals surface area contributed by atoms with E-state index in [2.05, 4.69) is 36.9 Å². The topological polar surface area (TPSA) is 74.8 Å². The minimum Gasteiger partial charge on any atom is -0.496 e. The maximum absolute atomic E-state index is 11.7. The van der Waals surface area contributed by atoms with Crippen LogP contribution in [-0.4, -0.2) is 39.6 Å². The van der Waals surface area contributed by atoms with E-state index in [1.54, 1.807) is 21.2 Å². The van der Waals surface area contributed by atoms with Crippen molar-refractivity contribution in [1.29, 1.82) is 0 Å². The van der Waals surface area contributed by atoms with E-state index < -0.39 is 0 Å². The molecule has 0 saturated heterocycles. The number of amides is 1. The van der Waals surface area contributed by atoms with Crippen LogP contribution in [0.15, 0.2) is 51.9 Å². The molecule has 0 aliphatic carbocycles. The number of nitrogens with one attached hydrogen (secondary N) is 3. The lowest BCUT2D eigenvalue weighted by atomic mass is 10.1. The van der Waals surface area contributed by atoms with Crippen molar-refractivity contribution in [3.05, 3.63) is 63.6 Å². The SMILES string of the molecule is CN=C(NCCc1cccc(C(=O)NC)c1)NCc1ccc(OC)c(Br)c1. The van der Waals surface area contributed by atoms with E-state index in [0.29, 0.717) is 18.7 Å². The molecule has 0 fully saturated rings. The van der Waals surface area contributed by atoms with Gasteiger partial charge in [0.15, 0.2) is 5.96 Å². The first kappa shape index (κ1) is 20.8. The largest absolute Gasteiger partial charge is 0.496 e. The summed E-state index contributed by atoms with van der Waals surface area (Å²) in [7, 11) is 5.02. The van der Waals surface area contributed by atoms with E-state index in [-0.39, 0.29) is 5.91 Å². The summed E-state index contributed by atoms with van der Waals surface area (Å²) >= 11 is 3.49. The number of ether oxygens (including phenoxy) is 1. The molecule has 7 heteroatoms. The zero-order valence-corrected chi connectivity index (χ0v) is 17.4. The van der Waals surface area contributed by atoms with Crippen LogP contribution < -0.4 is 20.7 Å². The van der Waals surface area contributed by atoms with Gasteiger partial charge in [-0.25, -0.2) is 0 Å². The highest BCUT2D eigenvalue weighted by molar-refractivity contribution is 9.10. The lowest BCUT2D eigenvalue weighted by Gasteiger charge is -2.13. The Morgan fingerprint density at radius 1 is 1.15 bits per heavy atom. The van der Waals surface area contributed by atoms with E-state index in [9.17, 15) is 4.79 Å². The Bertz CT molecular complexity index is 808. The smallest absolute Gasteiger partial charge is 0.251 e. The molecule has 0 spiro atoms. The summed E-state index contributed by atoms with van der Waals surface area (Å²) < 4.78 is 6.16. The standard InChI is InChI=1S/C20H25BrN4O2/c1-22-19(26)16-6-4-5-14(11-16)9-10-24-20(23-2)25-13-15-7-8-18(27-3)17(21)12-15/h4-8,11-12H,9-10,13H2,1-3H3,(H,22,26)(H2,23,24,25). The van der Waals surface area contributed by atoms with Crippen LogP contribution in [0.25, 0.3) is 0 Å². The van der Waals surface area contributed by atoms with Crippen molar-refractivity contribution in [3.8, 4) is 5.75 Å². The van der Waals surface area contributed by atoms with Crippen molar-refractivity contribution >= 4 is 27.8 Å². The zero-order valence-electron chi connectivity index (χ0n) is 15.8. The van der Waals surface area contributed by atoms with Gasteiger partial charge in [0.25, 0.3) is 5.91 Å². The summed E-state index contributed by atoms with van der Waals surface area (Å²) in [6.45, 7) is 1.36. The number of rotatable bonds is 7. The van der Waals surface area contributed by atoms with Crippen LogP contribution in [0.1, 0.15) is 21.5 Å². The average Bonchev–Trinajstić information content (AvgIpc) is 2.70.